The third-order valence-corrected chi connectivity index (χ3v) is 19.8. The van der Waals surface area contributed by atoms with Gasteiger partial charge in [0.15, 0.2) is 0 Å². The number of rotatable bonds is 23. The molecule has 0 aliphatic carbocycles. The molecule has 0 fully saturated rings. The van der Waals surface area contributed by atoms with E-state index in [2.05, 4.69) is 83.1 Å². The van der Waals surface area contributed by atoms with Crippen molar-refractivity contribution in [2.45, 2.75) is 84.7 Å². The van der Waals surface area contributed by atoms with Crippen LogP contribution in [0.25, 0.3) is 46.2 Å². The van der Waals surface area contributed by atoms with Gasteiger partial charge in [-0.1, -0.05) is 128 Å². The smallest absolute Gasteiger partial charge is 0.373 e. The van der Waals surface area contributed by atoms with Crippen LogP contribution in [0.5, 0.6) is 28.7 Å². The third kappa shape index (κ3) is 30.9. The summed E-state index contributed by atoms with van der Waals surface area (Å²) in [5.41, 5.74) is -2.90. The van der Waals surface area contributed by atoms with Crippen LogP contribution in [0.2, 0.25) is 0 Å². The minimum Gasteiger partial charge on any atom is -0.514 e. The van der Waals surface area contributed by atoms with Crippen LogP contribution in [0.15, 0.2) is 195 Å². The number of nitrogens with zero attached hydrogens (tertiary/aromatic N) is 20. The molecule has 0 bridgehead atoms. The average molecular weight is 2450 g/mol. The molecule has 759 valence electrons. The minimum absolute atomic E-state index is 0. The summed E-state index contributed by atoms with van der Waals surface area (Å²) < 4.78 is 301. The molecule has 15 rings (SSSR count). The molecule has 0 N–H and O–H groups in total. The van der Waals surface area contributed by atoms with Gasteiger partial charge in [0, 0.05) is 296 Å². The van der Waals surface area contributed by atoms with Gasteiger partial charge in [-0.15, -0.1) is 42.7 Å². The molecule has 0 saturated heterocycles. The molecule has 148 heavy (non-hydrogen) atoms. The van der Waals surface area contributed by atoms with Crippen LogP contribution in [-0.2, 0) is 263 Å². The number of hydrogen-bond acceptors (Lipinski definition) is 20. The second-order valence-corrected chi connectivity index (χ2v) is 29.3. The number of ether oxygens (including phenoxy) is 5. The van der Waals surface area contributed by atoms with E-state index in [9.17, 15) is 112 Å². The molecule has 0 atom stereocenters. The fourth-order valence-corrected chi connectivity index (χ4v) is 13.0. The summed E-state index contributed by atoms with van der Waals surface area (Å²) in [4.78, 5) is 61.0. The van der Waals surface area contributed by atoms with E-state index in [-0.39, 0.29) is 210 Å². The first-order chi connectivity index (χ1) is 67.5. The summed E-state index contributed by atoms with van der Waals surface area (Å²) in [6, 6.07) is 38.7. The van der Waals surface area contributed by atoms with Crippen LogP contribution >= 0.6 is 0 Å². The number of halogens is 20. The minimum atomic E-state index is -4.77. The van der Waals surface area contributed by atoms with Gasteiger partial charge < -0.3 is 23.7 Å². The number of aromatic nitrogens is 20. The maximum absolute atomic E-state index is 13.5. The summed E-state index contributed by atoms with van der Waals surface area (Å²) in [5, 5.41) is 36.8. The van der Waals surface area contributed by atoms with Crippen molar-refractivity contribution in [2.75, 3.05) is 0 Å². The van der Waals surface area contributed by atoms with Gasteiger partial charge in [-0.05, 0) is 160 Å². The first-order valence-corrected chi connectivity index (χ1v) is 40.4. The second kappa shape index (κ2) is 53.9. The zero-order valence-electron chi connectivity index (χ0n) is 77.7. The van der Waals surface area contributed by atoms with Gasteiger partial charge >= 0.3 is 59.3 Å². The third-order valence-electron chi connectivity index (χ3n) is 19.8. The van der Waals surface area contributed by atoms with E-state index >= 15 is 0 Å². The molecule has 0 unspecified atom stereocenters. The summed E-state index contributed by atoms with van der Waals surface area (Å²) in [5.74, 6) is -0.627. The SMILES string of the molecule is C#Cc1cccc(-n2nnn(C)c2=O)c1COc1cc(F)[c-]cc1C(F)(F)F.C/C=C/c1cccc(-n2nnn(C)c2=O)c1COc1cc(F)[c-]cc1C(F)(F)F.C=C(C)c1cccc(-n2nnn(C)c2=O)c1COc1cc(F)[c-]cc1C(F)(F)F.C=Cc1cccc(-n2nnn(C)c2=O)c1COc1cc(F)[c-]cc1C(F)(F)F.CC#Cc1cccc(-n2nnn(C)c2=O)c1COc1cc(F)[c-]cc1C(F)(F)F.[Y].[Y].[Y].[Y].[Y]. The Labute approximate surface area is 949 Å². The number of terminal acetylenes is 1. The molecule has 30 nitrogen and oxygen atoms in total. The standard InChI is InChI=1S/2C19H15F4N4O2.C19H13F4N4O2.C18H13F4N4O2.C18H11F4N4O2.5Y/c1-11(2)13-5-4-6-16(27-18(28)26(3)24-25-27)14(13)10-29-17-9-12(20)7-8-15(17)19(21,22)23;2*1-3-5-12-6-4-7-16(27-18(28)26(2)24-25-27)14(12)11-29-17-10-13(20)8-9-15(17)19(21,22)23;2*1-3-11-5-4-6-15(26-17(27)25(2)23-24-26)13(11)10-28-16-9-12(19)7-8-14(16)18(20,21)22;;;;;/h4-6,8-9H,1,10H2,2-3H3;3-7,9-10H,11H2,1-2H3;4,6-7,9-10H,11H2,1-2H3;3-6,8-9H,1,10H2,2H3;1,4-6,8-9H,10H2,2H3;;;;;/q5*-1;;;;;/b;5-3+;;;;;;;;. The van der Waals surface area contributed by atoms with Gasteiger partial charge in [-0.25, -0.2) is 45.9 Å². The van der Waals surface area contributed by atoms with Crippen LogP contribution in [-0.4, -0.2) is 99.0 Å². The van der Waals surface area contributed by atoms with E-state index in [1.165, 1.54) is 65.6 Å². The molecule has 0 saturated carbocycles. The largest absolute Gasteiger partial charge is 0.514 e. The van der Waals surface area contributed by atoms with Crippen molar-refractivity contribution in [3.63, 3.8) is 0 Å². The zero-order chi connectivity index (χ0) is 105. The predicted molar refractivity (Wildman–Crippen MR) is 466 cm³/mol. The zero-order valence-corrected chi connectivity index (χ0v) is 91.9. The normalized spacial score (nSPS) is 11.1. The van der Waals surface area contributed by atoms with Crippen molar-refractivity contribution in [3.05, 3.63) is 366 Å². The summed E-state index contributed by atoms with van der Waals surface area (Å²) in [6.45, 7) is 10.5. The molecule has 55 heteroatoms. The van der Waals surface area contributed by atoms with Gasteiger partial charge in [-0.3, -0.25) is 0 Å². The first-order valence-electron chi connectivity index (χ1n) is 40.4. The number of alkyl halides is 15. The maximum atomic E-state index is 13.5. The van der Waals surface area contributed by atoms with E-state index in [1.807, 2.05) is 30.3 Å². The molecule has 0 amide bonds. The Morgan fingerprint density at radius 3 is 0.851 bits per heavy atom. The Bertz CT molecular complexity index is 7740. The molecule has 10 aromatic carbocycles. The monoisotopic (exact) mass is 2450 g/mol. The van der Waals surface area contributed by atoms with Gasteiger partial charge in [0.1, 0.15) is 33.0 Å². The topological polar surface area (TPSA) is 310 Å². The van der Waals surface area contributed by atoms with Crippen molar-refractivity contribution < 1.29 is 275 Å². The van der Waals surface area contributed by atoms with Crippen LogP contribution < -0.4 is 52.1 Å². The van der Waals surface area contributed by atoms with Crippen molar-refractivity contribution >= 4 is 17.7 Å². The van der Waals surface area contributed by atoms with E-state index in [0.29, 0.717) is 111 Å². The molecule has 5 heterocycles. The van der Waals surface area contributed by atoms with Crippen LogP contribution in [0.3, 0.4) is 0 Å². The van der Waals surface area contributed by atoms with Crippen LogP contribution in [0.1, 0.15) is 104 Å². The molecule has 0 spiro atoms. The summed E-state index contributed by atoms with van der Waals surface area (Å²) >= 11 is 0. The first kappa shape index (κ1) is 125. The van der Waals surface area contributed by atoms with E-state index in [0.717, 1.165) is 46.8 Å². The average Bonchev–Trinajstić information content (AvgIpc) is 1.53. The maximum Gasteiger partial charge on any atom is 0.373 e. The Balaban J connectivity index is 0.000000280. The van der Waals surface area contributed by atoms with Crippen molar-refractivity contribution in [3.8, 4) is 81.4 Å². The number of tetrazole rings is 5. The number of benzene rings is 10. The molecular formula is C93H67F20N20O10Y5-5. The van der Waals surface area contributed by atoms with E-state index in [4.69, 9.17) is 30.1 Å². The predicted octanol–water partition coefficient (Wildman–Crippen LogP) is 15.6. The Kier molecular flexibility index (Phi) is 45.4. The Hall–Kier alpha value is -12.0. The molecule has 5 aromatic heterocycles. The Morgan fingerprint density at radius 1 is 0.365 bits per heavy atom. The molecular weight excluding hydrogens is 2380 g/mol. The van der Waals surface area contributed by atoms with Gasteiger partial charge in [-0.2, -0.15) is 143 Å². The quantitative estimate of drug-likeness (QED) is 0.0326. The van der Waals surface area contributed by atoms with Gasteiger partial charge in [0.05, 0.1) is 28.4 Å². The van der Waals surface area contributed by atoms with E-state index in [1.54, 1.807) is 99.7 Å². The fourth-order valence-electron chi connectivity index (χ4n) is 13.0. The van der Waals surface area contributed by atoms with Crippen molar-refractivity contribution in [2.24, 2.45) is 35.2 Å². The fraction of sp³-hybridized carbons (Fsp3) is 0.194. The van der Waals surface area contributed by atoms with Crippen LogP contribution in [0.4, 0.5) is 87.8 Å². The number of hydrogen-bond donors (Lipinski definition) is 0. The van der Waals surface area contributed by atoms with Gasteiger partial charge in [0.2, 0.25) is 0 Å². The number of aryl methyl sites for hydroxylation is 5. The molecule has 15 aromatic rings. The molecule has 5 radical (unpaired) electrons. The van der Waals surface area contributed by atoms with Crippen molar-refractivity contribution in [1.29, 1.82) is 0 Å². The Morgan fingerprint density at radius 2 is 0.601 bits per heavy atom. The van der Waals surface area contributed by atoms with Crippen LogP contribution in [0, 0.1) is 83.6 Å². The summed E-state index contributed by atoms with van der Waals surface area (Å²) in [6.07, 6.45) is -13.4. The second-order valence-electron chi connectivity index (χ2n) is 29.3. The van der Waals surface area contributed by atoms with Crippen molar-refractivity contribution in [1.82, 2.24) is 99.0 Å². The molecule has 0 aliphatic heterocycles. The van der Waals surface area contributed by atoms with E-state index < -0.39 is 171 Å². The summed E-state index contributed by atoms with van der Waals surface area (Å²) in [7, 11) is 7.00. The number of allylic oxidation sites excluding steroid dienone is 2. The van der Waals surface area contributed by atoms with Gasteiger partial charge in [0.25, 0.3) is 0 Å². The molecule has 0 aliphatic rings.